The highest BCUT2D eigenvalue weighted by Crippen LogP contribution is 2.40. The van der Waals surface area contributed by atoms with Crippen molar-refractivity contribution in [3.05, 3.63) is 48.0 Å². The highest BCUT2D eigenvalue weighted by atomic mass is 32.2. The molecule has 0 heterocycles. The Hall–Kier alpha value is -3.86. The fraction of sp³-hybridized carbons (Fsp3) is 0.261. The van der Waals surface area contributed by atoms with E-state index in [0.717, 1.165) is 6.08 Å². The number of hydrogen-bond acceptors (Lipinski definition) is 9. The lowest BCUT2D eigenvalue weighted by molar-refractivity contribution is -0.114. The van der Waals surface area contributed by atoms with E-state index in [0.29, 0.717) is 28.6 Å². The molecule has 2 aromatic rings. The van der Waals surface area contributed by atoms with Gasteiger partial charge in [-0.15, -0.1) is 0 Å². The SMILES string of the molecule is C=C(c1c(OC)cc(OC)cc1OC)S(=O)(=O)NC(=O)C=Cc1c(OC)cc(OC)cc1OC. The summed E-state index contributed by atoms with van der Waals surface area (Å²) >= 11 is 0. The maximum Gasteiger partial charge on any atom is 0.264 e. The van der Waals surface area contributed by atoms with Gasteiger partial charge in [0.05, 0.1) is 58.7 Å². The van der Waals surface area contributed by atoms with Crippen molar-refractivity contribution >= 4 is 26.9 Å². The van der Waals surface area contributed by atoms with E-state index in [-0.39, 0.29) is 17.1 Å². The number of amides is 1. The smallest absolute Gasteiger partial charge is 0.264 e. The topological polar surface area (TPSA) is 119 Å². The van der Waals surface area contributed by atoms with Gasteiger partial charge in [0.1, 0.15) is 34.5 Å². The van der Waals surface area contributed by atoms with Gasteiger partial charge in [0.15, 0.2) is 0 Å². The van der Waals surface area contributed by atoms with Crippen molar-refractivity contribution in [2.75, 3.05) is 42.7 Å². The molecule has 0 aliphatic heterocycles. The van der Waals surface area contributed by atoms with Crippen LogP contribution in [0.25, 0.3) is 11.0 Å². The number of carbonyl (C=O) groups is 1. The standard InChI is InChI=1S/C23H27NO9S/c1-14(23-20(32-6)12-16(29-3)13-21(23)33-7)34(26,27)24-22(25)9-8-17-18(30-4)10-15(28-2)11-19(17)31-5/h8-13H,1H2,2-7H3,(H,24,25). The fourth-order valence-electron chi connectivity index (χ4n) is 3.00. The summed E-state index contributed by atoms with van der Waals surface area (Å²) in [5, 5.41) is 0. The molecular weight excluding hydrogens is 466 g/mol. The van der Waals surface area contributed by atoms with E-state index in [1.165, 1.54) is 60.9 Å². The molecule has 0 saturated carbocycles. The summed E-state index contributed by atoms with van der Waals surface area (Å²) in [5.41, 5.74) is 0.462. The minimum Gasteiger partial charge on any atom is -0.496 e. The van der Waals surface area contributed by atoms with Crippen molar-refractivity contribution in [1.82, 2.24) is 4.72 Å². The molecule has 0 aliphatic carbocycles. The molecule has 0 aliphatic rings. The first-order valence-corrected chi connectivity index (χ1v) is 11.2. The van der Waals surface area contributed by atoms with Gasteiger partial charge in [-0.1, -0.05) is 6.58 Å². The number of carbonyl (C=O) groups excluding carboxylic acids is 1. The summed E-state index contributed by atoms with van der Waals surface area (Å²) in [6.45, 7) is 3.63. The van der Waals surface area contributed by atoms with Crippen molar-refractivity contribution < 1.29 is 41.6 Å². The van der Waals surface area contributed by atoms with Gasteiger partial charge in [0.25, 0.3) is 15.9 Å². The highest BCUT2D eigenvalue weighted by molar-refractivity contribution is 7.99. The van der Waals surface area contributed by atoms with E-state index in [4.69, 9.17) is 28.4 Å². The molecule has 0 bridgehead atoms. The summed E-state index contributed by atoms with van der Waals surface area (Å²) in [6, 6.07) is 6.15. The summed E-state index contributed by atoms with van der Waals surface area (Å²) in [5.74, 6) is 0.950. The van der Waals surface area contributed by atoms with Crippen LogP contribution in [0.4, 0.5) is 0 Å². The van der Waals surface area contributed by atoms with Crippen LogP contribution >= 0.6 is 0 Å². The van der Waals surface area contributed by atoms with Crippen molar-refractivity contribution in [3.8, 4) is 34.5 Å². The van der Waals surface area contributed by atoms with Crippen LogP contribution in [0.3, 0.4) is 0 Å². The molecule has 0 spiro atoms. The predicted molar refractivity (Wildman–Crippen MR) is 127 cm³/mol. The van der Waals surface area contributed by atoms with Gasteiger partial charge in [0.2, 0.25) is 0 Å². The zero-order chi connectivity index (χ0) is 25.5. The highest BCUT2D eigenvalue weighted by Gasteiger charge is 2.26. The first kappa shape index (κ1) is 26.4. The van der Waals surface area contributed by atoms with E-state index in [1.54, 1.807) is 12.1 Å². The Bertz CT molecular complexity index is 1150. The maximum atomic E-state index is 12.9. The molecule has 0 aromatic heterocycles. The lowest BCUT2D eigenvalue weighted by atomic mass is 10.1. The third-order valence-electron chi connectivity index (χ3n) is 4.71. The molecule has 11 heteroatoms. The lowest BCUT2D eigenvalue weighted by Crippen LogP contribution is -2.29. The van der Waals surface area contributed by atoms with E-state index >= 15 is 0 Å². The molecule has 0 atom stereocenters. The van der Waals surface area contributed by atoms with Gasteiger partial charge in [0, 0.05) is 30.3 Å². The average Bonchev–Trinajstić information content (AvgIpc) is 2.84. The van der Waals surface area contributed by atoms with Crippen molar-refractivity contribution in [2.24, 2.45) is 0 Å². The number of ether oxygens (including phenoxy) is 6. The zero-order valence-corrected chi connectivity index (χ0v) is 20.6. The summed E-state index contributed by atoms with van der Waals surface area (Å²) in [6.07, 6.45) is 2.39. The average molecular weight is 494 g/mol. The number of hydrogen-bond donors (Lipinski definition) is 1. The fourth-order valence-corrected chi connectivity index (χ4v) is 3.92. The van der Waals surface area contributed by atoms with Crippen molar-refractivity contribution in [3.63, 3.8) is 0 Å². The number of methoxy groups -OCH3 is 6. The van der Waals surface area contributed by atoms with Gasteiger partial charge in [-0.2, -0.15) is 0 Å². The molecule has 184 valence electrons. The minimum absolute atomic E-state index is 0.0496. The second kappa shape index (κ2) is 11.3. The van der Waals surface area contributed by atoms with Gasteiger partial charge in [-0.3, -0.25) is 4.79 Å². The van der Waals surface area contributed by atoms with Crippen molar-refractivity contribution in [1.29, 1.82) is 0 Å². The molecule has 0 unspecified atom stereocenters. The molecule has 34 heavy (non-hydrogen) atoms. The van der Waals surface area contributed by atoms with Gasteiger partial charge >= 0.3 is 0 Å². The van der Waals surface area contributed by atoms with Crippen molar-refractivity contribution in [2.45, 2.75) is 0 Å². The molecule has 0 saturated heterocycles. The Labute approximate surface area is 198 Å². The molecular formula is C23H27NO9S. The molecule has 1 N–H and O–H groups in total. The summed E-state index contributed by atoms with van der Waals surface area (Å²) in [4.78, 5) is 12.1. The van der Waals surface area contributed by atoms with E-state index in [2.05, 4.69) is 6.58 Å². The van der Waals surface area contributed by atoms with E-state index in [9.17, 15) is 13.2 Å². The number of sulfonamides is 1. The van der Waals surface area contributed by atoms with E-state index in [1.807, 2.05) is 4.72 Å². The minimum atomic E-state index is -4.37. The Morgan fingerprint density at radius 2 is 1.18 bits per heavy atom. The Morgan fingerprint density at radius 1 is 0.765 bits per heavy atom. The second-order valence-electron chi connectivity index (χ2n) is 6.58. The quantitative estimate of drug-likeness (QED) is 0.471. The first-order chi connectivity index (χ1) is 16.1. The Balaban J connectivity index is 2.36. The maximum absolute atomic E-state index is 12.9. The molecule has 2 rings (SSSR count). The van der Waals surface area contributed by atoms with Crippen LogP contribution in [0.5, 0.6) is 34.5 Å². The first-order valence-electron chi connectivity index (χ1n) is 9.69. The molecule has 0 fully saturated rings. The molecule has 2 aromatic carbocycles. The largest absolute Gasteiger partial charge is 0.496 e. The zero-order valence-electron chi connectivity index (χ0n) is 19.8. The summed E-state index contributed by atoms with van der Waals surface area (Å²) in [7, 11) is 4.15. The van der Waals surface area contributed by atoms with Crippen LogP contribution in [0.2, 0.25) is 0 Å². The number of benzene rings is 2. The second-order valence-corrected chi connectivity index (χ2v) is 8.28. The van der Waals surface area contributed by atoms with Crippen LogP contribution in [-0.2, 0) is 14.8 Å². The molecule has 0 radical (unpaired) electrons. The third kappa shape index (κ3) is 5.73. The normalized spacial score (nSPS) is 11.0. The third-order valence-corrected chi connectivity index (χ3v) is 6.03. The molecule has 10 nitrogen and oxygen atoms in total. The van der Waals surface area contributed by atoms with Gasteiger partial charge in [-0.25, -0.2) is 13.1 Å². The Kier molecular flexibility index (Phi) is 8.79. The van der Waals surface area contributed by atoms with Crippen LogP contribution in [-0.4, -0.2) is 57.0 Å². The molecule has 1 amide bonds. The lowest BCUT2D eigenvalue weighted by Gasteiger charge is -2.17. The number of rotatable bonds is 11. The van der Waals surface area contributed by atoms with Crippen LogP contribution < -0.4 is 33.1 Å². The number of nitrogens with one attached hydrogen (secondary N) is 1. The van der Waals surface area contributed by atoms with Crippen LogP contribution in [0, 0.1) is 0 Å². The summed E-state index contributed by atoms with van der Waals surface area (Å²) < 4.78 is 59.3. The van der Waals surface area contributed by atoms with Gasteiger partial charge in [-0.05, 0) is 6.08 Å². The monoisotopic (exact) mass is 493 g/mol. The predicted octanol–water partition coefficient (Wildman–Crippen LogP) is 2.87. The van der Waals surface area contributed by atoms with Crippen LogP contribution in [0.15, 0.2) is 36.9 Å². The van der Waals surface area contributed by atoms with E-state index < -0.39 is 20.8 Å². The van der Waals surface area contributed by atoms with Gasteiger partial charge < -0.3 is 28.4 Å². The van der Waals surface area contributed by atoms with Crippen LogP contribution in [0.1, 0.15) is 11.1 Å². The Morgan fingerprint density at radius 3 is 1.56 bits per heavy atom.